The molecule has 2 aliphatic heterocycles. The van der Waals surface area contributed by atoms with Gasteiger partial charge in [0.15, 0.2) is 12.9 Å². The molecule has 1 atom stereocenters. The Morgan fingerprint density at radius 3 is 2.71 bits per heavy atom. The number of fused-ring (bicyclic) bond motifs is 1. The molecule has 6 heteroatoms. The molecule has 0 radical (unpaired) electrons. The number of hydrogen-bond donors (Lipinski definition) is 1. The van der Waals surface area contributed by atoms with E-state index in [1.807, 2.05) is 24.3 Å². The number of rotatable bonds is 4. The fourth-order valence-corrected chi connectivity index (χ4v) is 3.31. The van der Waals surface area contributed by atoms with Crippen molar-refractivity contribution in [2.45, 2.75) is 38.8 Å². The number of ether oxygens (including phenoxy) is 2. The van der Waals surface area contributed by atoms with Crippen molar-refractivity contribution in [3.63, 3.8) is 0 Å². The fraction of sp³-hybridized carbons (Fsp3) is 0.611. The number of piperidine rings is 1. The van der Waals surface area contributed by atoms with E-state index in [9.17, 15) is 4.79 Å². The van der Waals surface area contributed by atoms with Crippen molar-refractivity contribution in [2.75, 3.05) is 26.4 Å². The first-order chi connectivity index (χ1) is 11.1. The minimum absolute atomic E-state index is 0. The van der Waals surface area contributed by atoms with Crippen LogP contribution in [0.15, 0.2) is 24.3 Å². The second-order valence-corrected chi connectivity index (χ2v) is 6.66. The largest absolute Gasteiger partial charge is 0.467 e. The number of carbonyl (C=O) groups is 1. The number of benzene rings is 1. The van der Waals surface area contributed by atoms with Crippen LogP contribution in [0, 0.1) is 5.92 Å². The second-order valence-electron chi connectivity index (χ2n) is 6.66. The van der Waals surface area contributed by atoms with Crippen LogP contribution >= 0.6 is 12.4 Å². The highest BCUT2D eigenvalue weighted by molar-refractivity contribution is 5.85. The quantitative estimate of drug-likeness (QED) is 0.903. The molecular weight excluding hydrogens is 328 g/mol. The average Bonchev–Trinajstić information content (AvgIpc) is 2.59. The summed E-state index contributed by atoms with van der Waals surface area (Å²) in [6, 6.07) is 8.18. The summed E-state index contributed by atoms with van der Waals surface area (Å²) in [4.78, 5) is 15.0. The first-order valence-electron chi connectivity index (χ1n) is 8.50. The van der Waals surface area contributed by atoms with Crippen molar-refractivity contribution in [1.29, 1.82) is 0 Å². The Bertz CT molecular complexity index is 545. The van der Waals surface area contributed by atoms with E-state index in [1.54, 1.807) is 0 Å². The minimum atomic E-state index is -0.560. The summed E-state index contributed by atoms with van der Waals surface area (Å²) >= 11 is 0. The highest BCUT2D eigenvalue weighted by Crippen LogP contribution is 2.31. The van der Waals surface area contributed by atoms with Crippen LogP contribution in [0.2, 0.25) is 0 Å². The molecule has 134 valence electrons. The lowest BCUT2D eigenvalue weighted by Gasteiger charge is -2.35. The minimum Gasteiger partial charge on any atom is -0.467 e. The van der Waals surface area contributed by atoms with Gasteiger partial charge in [-0.3, -0.25) is 4.79 Å². The maximum absolute atomic E-state index is 12.5. The number of nitrogens with zero attached hydrogens (tertiary/aromatic N) is 1. The van der Waals surface area contributed by atoms with Gasteiger partial charge in [0.1, 0.15) is 5.75 Å². The summed E-state index contributed by atoms with van der Waals surface area (Å²) in [7, 11) is 0. The molecule has 0 saturated carbocycles. The molecule has 1 aromatic rings. The van der Waals surface area contributed by atoms with Crippen molar-refractivity contribution in [3.05, 3.63) is 29.8 Å². The zero-order valence-corrected chi connectivity index (χ0v) is 15.2. The van der Waals surface area contributed by atoms with E-state index in [0.29, 0.717) is 12.0 Å². The smallest absolute Gasteiger partial charge is 0.254 e. The molecule has 1 fully saturated rings. The number of likely N-dealkylation sites (tertiary alicyclic amines) is 1. The van der Waals surface area contributed by atoms with Gasteiger partial charge in [-0.05, 0) is 51.8 Å². The lowest BCUT2D eigenvalue weighted by Crippen LogP contribution is -2.42. The molecule has 5 nitrogen and oxygen atoms in total. The third kappa shape index (κ3) is 4.41. The molecule has 3 rings (SSSR count). The third-order valence-corrected chi connectivity index (χ3v) is 4.83. The highest BCUT2D eigenvalue weighted by atomic mass is 35.5. The summed E-state index contributed by atoms with van der Waals surface area (Å²) in [5.74, 6) is 1.24. The van der Waals surface area contributed by atoms with Gasteiger partial charge in [0.2, 0.25) is 0 Å². The molecule has 0 aliphatic carbocycles. The predicted octanol–water partition coefficient (Wildman–Crippen LogP) is 2.75. The van der Waals surface area contributed by atoms with E-state index < -0.39 is 6.10 Å². The summed E-state index contributed by atoms with van der Waals surface area (Å²) in [5, 5.41) is 3.07. The Morgan fingerprint density at radius 2 is 2.00 bits per heavy atom. The van der Waals surface area contributed by atoms with E-state index in [4.69, 9.17) is 9.47 Å². The molecule has 1 saturated heterocycles. The number of hydrogen-bond acceptors (Lipinski definition) is 4. The highest BCUT2D eigenvalue weighted by Gasteiger charge is 2.29. The summed E-state index contributed by atoms with van der Waals surface area (Å²) < 4.78 is 10.9. The standard InChI is InChI=1S/C18H26N2O3.ClH/c1-13(2)20-9-7-14(8-10-20)11-19-18(21)17-15-5-3-4-6-16(15)22-12-23-17;/h3-6,13-14,17H,7-12H2,1-2H3,(H,19,21);1H. The molecule has 0 bridgehead atoms. The van der Waals surface area contributed by atoms with Crippen LogP contribution in [-0.4, -0.2) is 43.3 Å². The fourth-order valence-electron chi connectivity index (χ4n) is 3.31. The summed E-state index contributed by atoms with van der Waals surface area (Å²) in [5.41, 5.74) is 0.811. The summed E-state index contributed by atoms with van der Waals surface area (Å²) in [6.07, 6.45) is 1.73. The second kappa shape index (κ2) is 8.70. The van der Waals surface area contributed by atoms with Gasteiger partial charge in [-0.2, -0.15) is 0 Å². The predicted molar refractivity (Wildman–Crippen MR) is 95.5 cm³/mol. The van der Waals surface area contributed by atoms with Crippen molar-refractivity contribution in [1.82, 2.24) is 10.2 Å². The topological polar surface area (TPSA) is 50.8 Å². The lowest BCUT2D eigenvalue weighted by atomic mass is 9.95. The van der Waals surface area contributed by atoms with E-state index in [2.05, 4.69) is 24.1 Å². The van der Waals surface area contributed by atoms with Gasteiger partial charge in [0.25, 0.3) is 5.91 Å². The first kappa shape index (κ1) is 19.0. The van der Waals surface area contributed by atoms with Crippen LogP contribution < -0.4 is 10.1 Å². The number of halogens is 1. The van der Waals surface area contributed by atoms with E-state index >= 15 is 0 Å². The van der Waals surface area contributed by atoms with Crippen molar-refractivity contribution >= 4 is 18.3 Å². The zero-order valence-electron chi connectivity index (χ0n) is 14.4. The number of amides is 1. The molecule has 2 aliphatic rings. The molecule has 2 heterocycles. The van der Waals surface area contributed by atoms with Crippen molar-refractivity contribution < 1.29 is 14.3 Å². The zero-order chi connectivity index (χ0) is 16.2. The molecule has 1 amide bonds. The lowest BCUT2D eigenvalue weighted by molar-refractivity contribution is -0.142. The van der Waals surface area contributed by atoms with Gasteiger partial charge in [-0.15, -0.1) is 12.4 Å². The van der Waals surface area contributed by atoms with E-state index in [0.717, 1.165) is 43.8 Å². The molecule has 0 spiro atoms. The van der Waals surface area contributed by atoms with Gasteiger partial charge < -0.3 is 19.7 Å². The third-order valence-electron chi connectivity index (χ3n) is 4.83. The molecule has 24 heavy (non-hydrogen) atoms. The number of carbonyl (C=O) groups excluding carboxylic acids is 1. The van der Waals surface area contributed by atoms with Crippen LogP contribution in [-0.2, 0) is 9.53 Å². The molecule has 1 unspecified atom stereocenters. The average molecular weight is 355 g/mol. The van der Waals surface area contributed by atoms with E-state index in [1.165, 1.54) is 0 Å². The maximum Gasteiger partial charge on any atom is 0.254 e. The normalized spacial score (nSPS) is 21.5. The monoisotopic (exact) mass is 354 g/mol. The molecular formula is C18H27ClN2O3. The maximum atomic E-state index is 12.5. The Hall–Kier alpha value is -1.30. The van der Waals surface area contributed by atoms with Crippen LogP contribution in [0.4, 0.5) is 0 Å². The van der Waals surface area contributed by atoms with Crippen LogP contribution in [0.25, 0.3) is 0 Å². The molecule has 1 N–H and O–H groups in total. The molecule has 0 aromatic heterocycles. The van der Waals surface area contributed by atoms with Gasteiger partial charge in [-0.1, -0.05) is 18.2 Å². The molecule has 1 aromatic carbocycles. The van der Waals surface area contributed by atoms with Gasteiger partial charge in [0, 0.05) is 18.2 Å². The Balaban J connectivity index is 0.00000208. The first-order valence-corrected chi connectivity index (χ1v) is 8.50. The Morgan fingerprint density at radius 1 is 1.29 bits per heavy atom. The number of nitrogens with one attached hydrogen (secondary N) is 1. The SMILES string of the molecule is CC(C)N1CCC(CNC(=O)C2OCOc3ccccc32)CC1.Cl. The van der Waals surface area contributed by atoms with Gasteiger partial charge in [0.05, 0.1) is 0 Å². The van der Waals surface area contributed by atoms with Crippen LogP contribution in [0.1, 0.15) is 38.4 Å². The van der Waals surface area contributed by atoms with Crippen molar-refractivity contribution in [3.8, 4) is 5.75 Å². The van der Waals surface area contributed by atoms with Gasteiger partial charge >= 0.3 is 0 Å². The number of para-hydroxylation sites is 1. The van der Waals surface area contributed by atoms with Crippen LogP contribution in [0.3, 0.4) is 0 Å². The van der Waals surface area contributed by atoms with Crippen molar-refractivity contribution in [2.24, 2.45) is 5.92 Å². The van der Waals surface area contributed by atoms with E-state index in [-0.39, 0.29) is 25.1 Å². The van der Waals surface area contributed by atoms with Crippen LogP contribution in [0.5, 0.6) is 5.75 Å². The van der Waals surface area contributed by atoms with Gasteiger partial charge in [-0.25, -0.2) is 0 Å². The summed E-state index contributed by atoms with van der Waals surface area (Å²) in [6.45, 7) is 7.57. The Kier molecular flexibility index (Phi) is 6.90. The Labute approximate surface area is 150 Å².